The Kier molecular flexibility index (Phi) is 7.64. The van der Waals surface area contributed by atoms with Gasteiger partial charge in [0.1, 0.15) is 6.54 Å². The molecule has 3 aromatic carbocycles. The van der Waals surface area contributed by atoms with Crippen LogP contribution < -0.4 is 9.62 Å². The Balaban J connectivity index is 1.98. The first kappa shape index (κ1) is 25.3. The van der Waals surface area contributed by atoms with Gasteiger partial charge in [-0.25, -0.2) is 13.2 Å². The zero-order chi connectivity index (χ0) is 25.0. The molecular formula is C25H25ClN2O5S. The number of nitrogens with zero attached hydrogens (tertiary/aromatic N) is 1. The van der Waals surface area contributed by atoms with E-state index in [0.717, 1.165) is 21.0 Å². The van der Waals surface area contributed by atoms with Crippen molar-refractivity contribution < 1.29 is 22.7 Å². The number of amides is 1. The first-order valence-corrected chi connectivity index (χ1v) is 12.2. The van der Waals surface area contributed by atoms with E-state index in [1.54, 1.807) is 24.3 Å². The van der Waals surface area contributed by atoms with Gasteiger partial charge in [0.05, 0.1) is 28.3 Å². The third-order valence-corrected chi connectivity index (χ3v) is 7.50. The van der Waals surface area contributed by atoms with Gasteiger partial charge in [-0.05, 0) is 68.3 Å². The van der Waals surface area contributed by atoms with Crippen LogP contribution in [-0.4, -0.2) is 33.9 Å². The quantitative estimate of drug-likeness (QED) is 0.466. The highest BCUT2D eigenvalue weighted by Crippen LogP contribution is 2.29. The molecule has 3 aromatic rings. The van der Waals surface area contributed by atoms with Crippen molar-refractivity contribution in [3.8, 4) is 0 Å². The molecule has 0 aromatic heterocycles. The van der Waals surface area contributed by atoms with Crippen molar-refractivity contribution in [2.24, 2.45) is 0 Å². The third kappa shape index (κ3) is 5.40. The van der Waals surface area contributed by atoms with Gasteiger partial charge < -0.3 is 10.1 Å². The Hall–Kier alpha value is -3.36. The van der Waals surface area contributed by atoms with Crippen molar-refractivity contribution in [1.82, 2.24) is 0 Å². The molecule has 0 atom stereocenters. The normalized spacial score (nSPS) is 11.1. The minimum absolute atomic E-state index is 0.0753. The van der Waals surface area contributed by atoms with Gasteiger partial charge in [0.25, 0.3) is 10.0 Å². The molecule has 0 aliphatic carbocycles. The number of halogens is 1. The average molecular weight is 501 g/mol. The molecule has 0 unspecified atom stereocenters. The molecule has 1 amide bonds. The number of ether oxygens (including phenoxy) is 1. The summed E-state index contributed by atoms with van der Waals surface area (Å²) in [5.74, 6) is -1.24. The second-order valence-corrected chi connectivity index (χ2v) is 10.0. The van der Waals surface area contributed by atoms with Gasteiger partial charge in [0.15, 0.2) is 0 Å². The highest BCUT2D eigenvalue weighted by Gasteiger charge is 2.28. The van der Waals surface area contributed by atoms with Crippen molar-refractivity contribution in [3.05, 3.63) is 87.9 Å². The Morgan fingerprint density at radius 1 is 1.00 bits per heavy atom. The van der Waals surface area contributed by atoms with Crippen molar-refractivity contribution >= 4 is 44.9 Å². The number of carbonyl (C=O) groups is 2. The summed E-state index contributed by atoms with van der Waals surface area (Å²) < 4.78 is 33.0. The van der Waals surface area contributed by atoms with Gasteiger partial charge in [-0.3, -0.25) is 9.10 Å². The van der Waals surface area contributed by atoms with Gasteiger partial charge in [-0.2, -0.15) is 0 Å². The van der Waals surface area contributed by atoms with Crippen LogP contribution in [0.15, 0.2) is 65.6 Å². The number of methoxy groups -OCH3 is 1. The van der Waals surface area contributed by atoms with Crippen molar-refractivity contribution in [2.75, 3.05) is 23.3 Å². The molecule has 0 radical (unpaired) electrons. The molecule has 34 heavy (non-hydrogen) atoms. The van der Waals surface area contributed by atoms with Gasteiger partial charge in [-0.1, -0.05) is 41.4 Å². The van der Waals surface area contributed by atoms with Crippen LogP contribution in [-0.2, 0) is 19.6 Å². The number of rotatable bonds is 7. The maximum Gasteiger partial charge on any atom is 0.339 e. The maximum absolute atomic E-state index is 13.6. The molecular weight excluding hydrogens is 476 g/mol. The van der Waals surface area contributed by atoms with E-state index in [9.17, 15) is 18.0 Å². The fraction of sp³-hybridized carbons (Fsp3) is 0.200. The molecule has 0 fully saturated rings. The molecule has 9 heteroatoms. The van der Waals surface area contributed by atoms with Crippen LogP contribution in [0.25, 0.3) is 0 Å². The van der Waals surface area contributed by atoms with E-state index >= 15 is 0 Å². The molecule has 1 N–H and O–H groups in total. The zero-order valence-corrected chi connectivity index (χ0v) is 20.8. The van der Waals surface area contributed by atoms with Crippen molar-refractivity contribution in [2.45, 2.75) is 25.7 Å². The molecule has 0 saturated heterocycles. The minimum atomic E-state index is -4.05. The molecule has 7 nitrogen and oxygen atoms in total. The van der Waals surface area contributed by atoms with Crippen LogP contribution in [0.5, 0.6) is 0 Å². The van der Waals surface area contributed by atoms with Gasteiger partial charge in [0.2, 0.25) is 5.91 Å². The molecule has 0 bridgehead atoms. The molecule has 0 aliphatic rings. The lowest BCUT2D eigenvalue weighted by Gasteiger charge is -2.26. The lowest BCUT2D eigenvalue weighted by atomic mass is 10.1. The Morgan fingerprint density at radius 2 is 1.68 bits per heavy atom. The Morgan fingerprint density at radius 3 is 2.32 bits per heavy atom. The molecule has 0 aliphatic heterocycles. The number of sulfonamides is 1. The minimum Gasteiger partial charge on any atom is -0.465 e. The molecule has 3 rings (SSSR count). The van der Waals surface area contributed by atoms with Crippen molar-refractivity contribution in [3.63, 3.8) is 0 Å². The van der Waals surface area contributed by atoms with Crippen LogP contribution in [0.3, 0.4) is 0 Å². The number of carbonyl (C=O) groups excluding carboxylic acids is 2. The second kappa shape index (κ2) is 10.3. The summed E-state index contributed by atoms with van der Waals surface area (Å²) >= 11 is 6.04. The summed E-state index contributed by atoms with van der Waals surface area (Å²) in [7, 11) is -2.83. The largest absolute Gasteiger partial charge is 0.465 e. The first-order chi connectivity index (χ1) is 16.0. The van der Waals surface area contributed by atoms with Gasteiger partial charge in [0, 0.05) is 5.69 Å². The van der Waals surface area contributed by atoms with E-state index in [4.69, 9.17) is 16.3 Å². The summed E-state index contributed by atoms with van der Waals surface area (Å²) in [5, 5.41) is 2.81. The number of esters is 1. The van der Waals surface area contributed by atoms with Gasteiger partial charge >= 0.3 is 5.97 Å². The Labute approximate surface area is 204 Å². The Bertz CT molecular complexity index is 1340. The zero-order valence-electron chi connectivity index (χ0n) is 19.3. The van der Waals surface area contributed by atoms with Crippen LogP contribution >= 0.6 is 11.6 Å². The maximum atomic E-state index is 13.6. The number of anilines is 2. The van der Waals surface area contributed by atoms with Crippen LogP contribution in [0.4, 0.5) is 11.4 Å². The number of hydrogen-bond donors (Lipinski definition) is 1. The van der Waals surface area contributed by atoms with Crippen LogP contribution in [0.1, 0.15) is 27.0 Å². The number of nitrogens with one attached hydrogen (secondary N) is 1. The summed E-state index contributed by atoms with van der Waals surface area (Å²) in [6.45, 7) is 5.07. The van der Waals surface area contributed by atoms with E-state index in [2.05, 4.69) is 5.32 Å². The predicted molar refractivity (Wildman–Crippen MR) is 133 cm³/mol. The number of aryl methyl sites for hydroxylation is 2. The molecule has 0 saturated carbocycles. The molecule has 0 spiro atoms. The fourth-order valence-electron chi connectivity index (χ4n) is 3.34. The third-order valence-electron chi connectivity index (χ3n) is 5.40. The lowest BCUT2D eigenvalue weighted by molar-refractivity contribution is -0.114. The van der Waals surface area contributed by atoms with Crippen molar-refractivity contribution in [1.29, 1.82) is 0 Å². The smallest absolute Gasteiger partial charge is 0.339 e. The summed E-state index contributed by atoms with van der Waals surface area (Å²) in [5.41, 5.74) is 3.32. The van der Waals surface area contributed by atoms with E-state index in [1.165, 1.54) is 37.4 Å². The van der Waals surface area contributed by atoms with Crippen LogP contribution in [0.2, 0.25) is 5.02 Å². The monoisotopic (exact) mass is 500 g/mol. The first-order valence-electron chi connectivity index (χ1n) is 10.4. The van der Waals surface area contributed by atoms with E-state index in [1.807, 2.05) is 26.8 Å². The average Bonchev–Trinajstić information content (AvgIpc) is 2.80. The summed E-state index contributed by atoms with van der Waals surface area (Å²) in [6, 6.07) is 16.1. The van der Waals surface area contributed by atoms with Crippen LogP contribution in [0, 0.1) is 20.8 Å². The predicted octanol–water partition coefficient (Wildman–Crippen LogP) is 4.89. The molecule has 0 heterocycles. The topological polar surface area (TPSA) is 92.8 Å². The fourth-order valence-corrected chi connectivity index (χ4v) is 5.02. The summed E-state index contributed by atoms with van der Waals surface area (Å²) in [6.07, 6.45) is 0. The highest BCUT2D eigenvalue weighted by atomic mass is 35.5. The van der Waals surface area contributed by atoms with Gasteiger partial charge in [-0.15, -0.1) is 0 Å². The van der Waals surface area contributed by atoms with E-state index in [-0.39, 0.29) is 21.2 Å². The summed E-state index contributed by atoms with van der Waals surface area (Å²) in [4.78, 5) is 25.0. The van der Waals surface area contributed by atoms with E-state index in [0.29, 0.717) is 5.69 Å². The standard InChI is InChI=1S/C25H25ClN2O5S/c1-16-8-11-20(12-9-16)34(31,32)28(23-7-5-6-17(2)18(23)3)15-24(29)27-19-10-13-22(26)21(14-19)25(30)33-4/h5-14H,15H2,1-4H3,(H,27,29). The number of hydrogen-bond acceptors (Lipinski definition) is 5. The van der Waals surface area contributed by atoms with E-state index < -0.39 is 28.4 Å². The number of benzene rings is 3. The SMILES string of the molecule is COC(=O)c1cc(NC(=O)CN(c2cccc(C)c2C)S(=O)(=O)c2ccc(C)cc2)ccc1Cl. The molecule has 178 valence electrons. The highest BCUT2D eigenvalue weighted by molar-refractivity contribution is 7.92. The lowest BCUT2D eigenvalue weighted by Crippen LogP contribution is -2.38. The second-order valence-electron chi connectivity index (χ2n) is 7.78.